The summed E-state index contributed by atoms with van der Waals surface area (Å²) in [5.41, 5.74) is -0.116. The van der Waals surface area contributed by atoms with E-state index in [9.17, 15) is 0 Å². The topological polar surface area (TPSA) is 47.0 Å². The van der Waals surface area contributed by atoms with E-state index in [1.807, 2.05) is 0 Å². The Morgan fingerprint density at radius 1 is 1.25 bits per heavy atom. The fourth-order valence-electron chi connectivity index (χ4n) is 1.52. The summed E-state index contributed by atoms with van der Waals surface area (Å²) in [7, 11) is 0. The summed E-state index contributed by atoms with van der Waals surface area (Å²) in [4.78, 5) is 8.75. The molecule has 0 aliphatic rings. The van der Waals surface area contributed by atoms with Gasteiger partial charge in [0.1, 0.15) is 16.8 Å². The first-order valence-electron chi connectivity index (χ1n) is 7.15. The molecule has 0 fully saturated rings. The third-order valence-corrected chi connectivity index (χ3v) is 2.95. The van der Waals surface area contributed by atoms with Crippen LogP contribution in [0.4, 0.5) is 5.82 Å². The quantitative estimate of drug-likeness (QED) is 0.613. The zero-order valence-corrected chi connectivity index (χ0v) is 13.9. The summed E-state index contributed by atoms with van der Waals surface area (Å²) < 4.78 is 5.56. The molecule has 20 heavy (non-hydrogen) atoms. The van der Waals surface area contributed by atoms with Crippen LogP contribution in [0.3, 0.4) is 0 Å². The summed E-state index contributed by atoms with van der Waals surface area (Å²) in [6.07, 6.45) is 1.09. The smallest absolute Gasteiger partial charge is 0.137 e. The van der Waals surface area contributed by atoms with Gasteiger partial charge in [0.15, 0.2) is 0 Å². The lowest BCUT2D eigenvalue weighted by Crippen LogP contribution is -2.18. The zero-order chi connectivity index (χ0) is 15.2. The molecule has 0 spiro atoms. The van der Waals surface area contributed by atoms with E-state index in [-0.39, 0.29) is 5.41 Å². The SMILES string of the molecule is CC(C)CCOCCNc1cc(Cl)nc(C(C)(C)C)n1. The molecule has 0 amide bonds. The van der Waals surface area contributed by atoms with Gasteiger partial charge in [-0.05, 0) is 12.3 Å². The molecular formula is C15H26ClN3O. The number of hydrogen-bond donors (Lipinski definition) is 1. The van der Waals surface area contributed by atoms with Crippen LogP contribution < -0.4 is 5.32 Å². The van der Waals surface area contributed by atoms with Crippen molar-refractivity contribution >= 4 is 17.4 Å². The fraction of sp³-hybridized carbons (Fsp3) is 0.733. The van der Waals surface area contributed by atoms with Crippen molar-refractivity contribution in [3.63, 3.8) is 0 Å². The Balaban J connectivity index is 2.42. The molecule has 0 aromatic carbocycles. The van der Waals surface area contributed by atoms with Crippen molar-refractivity contribution in [1.29, 1.82) is 0 Å². The normalized spacial score (nSPS) is 11.9. The molecule has 0 saturated heterocycles. The van der Waals surface area contributed by atoms with Crippen LogP contribution in [-0.4, -0.2) is 29.7 Å². The molecule has 4 nitrogen and oxygen atoms in total. The van der Waals surface area contributed by atoms with Gasteiger partial charge in [0.2, 0.25) is 0 Å². The van der Waals surface area contributed by atoms with Crippen LogP contribution in [0.5, 0.6) is 0 Å². The van der Waals surface area contributed by atoms with Gasteiger partial charge in [-0.3, -0.25) is 0 Å². The Morgan fingerprint density at radius 3 is 2.55 bits per heavy atom. The molecule has 0 unspecified atom stereocenters. The second-order valence-corrected chi connectivity index (χ2v) is 6.76. The van der Waals surface area contributed by atoms with Crippen LogP contribution in [0.15, 0.2) is 6.07 Å². The molecule has 0 bridgehead atoms. The van der Waals surface area contributed by atoms with Crippen LogP contribution >= 0.6 is 11.6 Å². The van der Waals surface area contributed by atoms with E-state index >= 15 is 0 Å². The lowest BCUT2D eigenvalue weighted by atomic mass is 9.96. The maximum Gasteiger partial charge on any atom is 0.137 e. The average Bonchev–Trinajstić information content (AvgIpc) is 2.31. The van der Waals surface area contributed by atoms with Crippen molar-refractivity contribution < 1.29 is 4.74 Å². The molecule has 5 heteroatoms. The summed E-state index contributed by atoms with van der Waals surface area (Å²) in [5.74, 6) is 2.17. The van der Waals surface area contributed by atoms with Gasteiger partial charge < -0.3 is 10.1 Å². The van der Waals surface area contributed by atoms with Gasteiger partial charge in [-0.15, -0.1) is 0 Å². The number of ether oxygens (including phenoxy) is 1. The minimum Gasteiger partial charge on any atom is -0.380 e. The van der Waals surface area contributed by atoms with Crippen LogP contribution in [0, 0.1) is 5.92 Å². The highest BCUT2D eigenvalue weighted by molar-refractivity contribution is 6.29. The van der Waals surface area contributed by atoms with E-state index in [4.69, 9.17) is 16.3 Å². The molecule has 0 aliphatic heterocycles. The van der Waals surface area contributed by atoms with E-state index in [1.54, 1.807) is 6.07 Å². The van der Waals surface area contributed by atoms with Gasteiger partial charge >= 0.3 is 0 Å². The van der Waals surface area contributed by atoms with Crippen molar-refractivity contribution in [2.45, 2.75) is 46.5 Å². The number of rotatable bonds is 7. The second-order valence-electron chi connectivity index (χ2n) is 6.37. The third-order valence-electron chi connectivity index (χ3n) is 2.76. The predicted octanol–water partition coefficient (Wildman–Crippen LogP) is 3.90. The summed E-state index contributed by atoms with van der Waals surface area (Å²) in [6.45, 7) is 12.8. The third kappa shape index (κ3) is 6.53. The maximum absolute atomic E-state index is 6.03. The highest BCUT2D eigenvalue weighted by atomic mass is 35.5. The number of hydrogen-bond acceptors (Lipinski definition) is 4. The Kier molecular flexibility index (Phi) is 6.69. The minimum absolute atomic E-state index is 0.116. The standard InChI is InChI=1S/C15H26ClN3O/c1-11(2)6-8-20-9-7-17-13-10-12(16)18-14(19-13)15(3,4)5/h10-11H,6-9H2,1-5H3,(H,17,18,19). The van der Waals surface area contributed by atoms with Crippen molar-refractivity contribution in [2.75, 3.05) is 25.1 Å². The Bertz CT molecular complexity index is 416. The van der Waals surface area contributed by atoms with Gasteiger partial charge in [0, 0.05) is 24.6 Å². The molecule has 1 rings (SSSR count). The van der Waals surface area contributed by atoms with Crippen molar-refractivity contribution in [1.82, 2.24) is 9.97 Å². The van der Waals surface area contributed by atoms with Crippen LogP contribution in [0.1, 0.15) is 46.9 Å². The minimum atomic E-state index is -0.116. The zero-order valence-electron chi connectivity index (χ0n) is 13.2. The number of anilines is 1. The van der Waals surface area contributed by atoms with Crippen LogP contribution in [0.2, 0.25) is 5.15 Å². The summed E-state index contributed by atoms with van der Waals surface area (Å²) >= 11 is 6.03. The van der Waals surface area contributed by atoms with E-state index < -0.39 is 0 Å². The summed E-state index contributed by atoms with van der Waals surface area (Å²) in [6, 6.07) is 1.74. The number of nitrogens with one attached hydrogen (secondary N) is 1. The van der Waals surface area contributed by atoms with Crippen molar-refractivity contribution in [2.24, 2.45) is 5.92 Å². The van der Waals surface area contributed by atoms with E-state index in [0.717, 1.165) is 31.2 Å². The Labute approximate surface area is 127 Å². The van der Waals surface area contributed by atoms with Crippen molar-refractivity contribution in [3.8, 4) is 0 Å². The fourth-order valence-corrected chi connectivity index (χ4v) is 1.70. The number of halogens is 1. The largest absolute Gasteiger partial charge is 0.380 e. The first kappa shape index (κ1) is 17.2. The number of aromatic nitrogens is 2. The molecule has 0 saturated carbocycles. The molecule has 1 aromatic rings. The van der Waals surface area contributed by atoms with Gasteiger partial charge in [-0.25, -0.2) is 9.97 Å². The highest BCUT2D eigenvalue weighted by Crippen LogP contribution is 2.22. The second kappa shape index (κ2) is 7.79. The average molecular weight is 300 g/mol. The Morgan fingerprint density at radius 2 is 1.95 bits per heavy atom. The van der Waals surface area contributed by atoms with Crippen molar-refractivity contribution in [3.05, 3.63) is 17.0 Å². The lowest BCUT2D eigenvalue weighted by molar-refractivity contribution is 0.132. The van der Waals surface area contributed by atoms with Crippen LogP contribution in [0.25, 0.3) is 0 Å². The van der Waals surface area contributed by atoms with Crippen LogP contribution in [-0.2, 0) is 10.2 Å². The van der Waals surface area contributed by atoms with E-state index in [2.05, 4.69) is 49.9 Å². The van der Waals surface area contributed by atoms with E-state index in [0.29, 0.717) is 17.7 Å². The van der Waals surface area contributed by atoms with E-state index in [1.165, 1.54) is 0 Å². The molecule has 1 N–H and O–H groups in total. The van der Waals surface area contributed by atoms with Gasteiger partial charge in [-0.2, -0.15) is 0 Å². The van der Waals surface area contributed by atoms with Gasteiger partial charge in [0.05, 0.1) is 6.61 Å². The summed E-state index contributed by atoms with van der Waals surface area (Å²) in [5, 5.41) is 3.69. The molecule has 114 valence electrons. The monoisotopic (exact) mass is 299 g/mol. The van der Waals surface area contributed by atoms with Gasteiger partial charge in [-0.1, -0.05) is 46.2 Å². The first-order chi connectivity index (χ1) is 9.29. The molecule has 1 heterocycles. The molecule has 0 atom stereocenters. The molecular weight excluding hydrogens is 274 g/mol. The molecule has 1 aromatic heterocycles. The highest BCUT2D eigenvalue weighted by Gasteiger charge is 2.18. The molecule has 0 aliphatic carbocycles. The lowest BCUT2D eigenvalue weighted by Gasteiger charge is -2.17. The maximum atomic E-state index is 6.03. The predicted molar refractivity (Wildman–Crippen MR) is 84.5 cm³/mol. The number of nitrogens with zero attached hydrogens (tertiary/aromatic N) is 2. The first-order valence-corrected chi connectivity index (χ1v) is 7.53. The van der Waals surface area contributed by atoms with Gasteiger partial charge in [0.25, 0.3) is 0 Å². The Hall–Kier alpha value is -0.870. The molecule has 0 radical (unpaired) electrons.